The van der Waals surface area contributed by atoms with Crippen LogP contribution >= 0.6 is 0 Å². The lowest BCUT2D eigenvalue weighted by Gasteiger charge is -2.19. The van der Waals surface area contributed by atoms with E-state index < -0.39 is 0 Å². The predicted molar refractivity (Wildman–Crippen MR) is 98.0 cm³/mol. The molecule has 25 heavy (non-hydrogen) atoms. The summed E-state index contributed by atoms with van der Waals surface area (Å²) in [5.41, 5.74) is 2.57. The standard InChI is InChI=1S/C20H23N3O2/c1-3-23-8-4-5-16(23)12-21-19(24)18-11-15-10-14-7-6-13(2)9-17(14)22-20(15)25-18/h6-7,9-11,16H,3-5,8,12H2,1-2H3,(H,21,24)/p+1. The number of amides is 1. The van der Waals surface area contributed by atoms with Crippen molar-refractivity contribution in [3.8, 4) is 0 Å². The molecule has 1 aliphatic heterocycles. The summed E-state index contributed by atoms with van der Waals surface area (Å²) in [7, 11) is 0. The van der Waals surface area contributed by atoms with Crippen LogP contribution in [0.15, 0.2) is 34.7 Å². The van der Waals surface area contributed by atoms with Gasteiger partial charge >= 0.3 is 0 Å². The number of likely N-dealkylation sites (N-methyl/N-ethyl adjacent to an activating group) is 1. The number of hydrogen-bond donors (Lipinski definition) is 2. The molecule has 1 fully saturated rings. The summed E-state index contributed by atoms with van der Waals surface area (Å²) < 4.78 is 5.72. The van der Waals surface area contributed by atoms with Crippen molar-refractivity contribution in [1.82, 2.24) is 10.3 Å². The number of rotatable bonds is 4. The maximum atomic E-state index is 12.5. The number of hydrogen-bond acceptors (Lipinski definition) is 3. The highest BCUT2D eigenvalue weighted by Crippen LogP contribution is 2.23. The van der Waals surface area contributed by atoms with E-state index in [4.69, 9.17) is 4.42 Å². The number of quaternary nitrogens is 1. The highest BCUT2D eigenvalue weighted by molar-refractivity contribution is 5.98. The van der Waals surface area contributed by atoms with Gasteiger partial charge in [0, 0.05) is 23.6 Å². The first kappa shape index (κ1) is 16.1. The average molecular weight is 338 g/mol. The van der Waals surface area contributed by atoms with Gasteiger partial charge in [-0.2, -0.15) is 0 Å². The van der Waals surface area contributed by atoms with Crippen LogP contribution in [0.3, 0.4) is 0 Å². The van der Waals surface area contributed by atoms with E-state index >= 15 is 0 Å². The van der Waals surface area contributed by atoms with Gasteiger partial charge in [-0.05, 0) is 37.6 Å². The Hall–Kier alpha value is -2.40. The molecule has 3 aromatic rings. The molecule has 1 aliphatic rings. The van der Waals surface area contributed by atoms with Crippen LogP contribution in [0, 0.1) is 6.92 Å². The molecule has 2 unspecified atom stereocenters. The second-order valence-electron chi connectivity index (χ2n) is 7.00. The highest BCUT2D eigenvalue weighted by Gasteiger charge is 2.27. The lowest BCUT2D eigenvalue weighted by atomic mass is 10.1. The Balaban J connectivity index is 1.54. The first-order valence-corrected chi connectivity index (χ1v) is 9.08. The van der Waals surface area contributed by atoms with Gasteiger partial charge in [-0.25, -0.2) is 4.98 Å². The second-order valence-corrected chi connectivity index (χ2v) is 7.00. The zero-order valence-electron chi connectivity index (χ0n) is 14.8. The molecule has 5 nitrogen and oxygen atoms in total. The Morgan fingerprint density at radius 1 is 1.32 bits per heavy atom. The zero-order valence-corrected chi connectivity index (χ0v) is 14.8. The smallest absolute Gasteiger partial charge is 0.287 e. The van der Waals surface area contributed by atoms with Crippen LogP contribution in [0.4, 0.5) is 0 Å². The van der Waals surface area contributed by atoms with Crippen LogP contribution in [-0.2, 0) is 0 Å². The van der Waals surface area contributed by atoms with Crippen molar-refractivity contribution >= 4 is 27.9 Å². The number of benzene rings is 1. The lowest BCUT2D eigenvalue weighted by Crippen LogP contribution is -3.14. The van der Waals surface area contributed by atoms with E-state index in [1.807, 2.05) is 25.1 Å². The highest BCUT2D eigenvalue weighted by atomic mass is 16.4. The summed E-state index contributed by atoms with van der Waals surface area (Å²) in [4.78, 5) is 18.6. The fourth-order valence-electron chi connectivity index (χ4n) is 3.85. The zero-order chi connectivity index (χ0) is 17.4. The van der Waals surface area contributed by atoms with E-state index in [1.165, 1.54) is 19.4 Å². The maximum absolute atomic E-state index is 12.5. The molecule has 0 saturated carbocycles. The molecule has 0 radical (unpaired) electrons. The summed E-state index contributed by atoms with van der Waals surface area (Å²) in [6.07, 6.45) is 2.42. The molecular weight excluding hydrogens is 314 g/mol. The number of aryl methyl sites for hydroxylation is 1. The molecule has 1 aromatic carbocycles. The minimum atomic E-state index is -0.152. The number of carbonyl (C=O) groups excluding carboxylic acids is 1. The lowest BCUT2D eigenvalue weighted by molar-refractivity contribution is -0.909. The van der Waals surface area contributed by atoms with Crippen molar-refractivity contribution in [1.29, 1.82) is 0 Å². The summed E-state index contributed by atoms with van der Waals surface area (Å²) in [5.74, 6) is 0.186. The minimum absolute atomic E-state index is 0.152. The van der Waals surface area contributed by atoms with E-state index in [9.17, 15) is 4.79 Å². The molecule has 5 heteroatoms. The number of aromatic nitrogens is 1. The number of likely N-dealkylation sites (tertiary alicyclic amines) is 1. The van der Waals surface area contributed by atoms with Gasteiger partial charge in [0.15, 0.2) is 5.76 Å². The molecule has 0 aliphatic carbocycles. The van der Waals surface area contributed by atoms with E-state index in [2.05, 4.69) is 23.3 Å². The molecule has 2 N–H and O–H groups in total. The molecule has 130 valence electrons. The molecule has 4 rings (SSSR count). The minimum Gasteiger partial charge on any atom is -0.433 e. The Labute approximate surface area is 147 Å². The normalized spacial score (nSPS) is 20.4. The monoisotopic (exact) mass is 338 g/mol. The largest absolute Gasteiger partial charge is 0.433 e. The van der Waals surface area contributed by atoms with Gasteiger partial charge in [-0.1, -0.05) is 12.1 Å². The van der Waals surface area contributed by atoms with Crippen LogP contribution in [0.5, 0.6) is 0 Å². The predicted octanol–water partition coefficient (Wildman–Crippen LogP) is 2.09. The van der Waals surface area contributed by atoms with Gasteiger partial charge in [0.05, 0.1) is 25.2 Å². The van der Waals surface area contributed by atoms with Gasteiger partial charge in [-0.3, -0.25) is 4.79 Å². The number of pyridine rings is 1. The first-order chi connectivity index (χ1) is 12.1. The fraction of sp³-hybridized carbons (Fsp3) is 0.400. The summed E-state index contributed by atoms with van der Waals surface area (Å²) >= 11 is 0. The molecule has 1 saturated heterocycles. The molecule has 2 aromatic heterocycles. The Kier molecular flexibility index (Phi) is 4.17. The van der Waals surface area contributed by atoms with Crippen LogP contribution in [-0.4, -0.2) is 36.6 Å². The number of nitrogens with one attached hydrogen (secondary N) is 2. The number of furan rings is 1. The van der Waals surface area contributed by atoms with Gasteiger partial charge in [0.1, 0.15) is 6.04 Å². The van der Waals surface area contributed by atoms with Gasteiger partial charge in [-0.15, -0.1) is 0 Å². The van der Waals surface area contributed by atoms with Gasteiger partial charge in [0.25, 0.3) is 5.91 Å². The summed E-state index contributed by atoms with van der Waals surface area (Å²) in [6, 6.07) is 10.5. The average Bonchev–Trinajstić information content (AvgIpc) is 3.23. The number of nitrogens with zero attached hydrogens (tertiary/aromatic N) is 1. The van der Waals surface area contributed by atoms with Crippen LogP contribution < -0.4 is 10.2 Å². The quantitative estimate of drug-likeness (QED) is 0.766. The maximum Gasteiger partial charge on any atom is 0.287 e. The molecule has 1 amide bonds. The summed E-state index contributed by atoms with van der Waals surface area (Å²) in [6.45, 7) is 7.26. The SMILES string of the molecule is CC[NH+]1CCCC1CNC(=O)c1cc2cc3ccc(C)cc3nc2o1. The Morgan fingerprint density at radius 2 is 2.20 bits per heavy atom. The van der Waals surface area contributed by atoms with Crippen molar-refractivity contribution in [2.24, 2.45) is 0 Å². The Morgan fingerprint density at radius 3 is 3.04 bits per heavy atom. The topological polar surface area (TPSA) is 59.6 Å². The molecule has 3 heterocycles. The molecule has 0 spiro atoms. The van der Waals surface area contributed by atoms with Gasteiger partial charge < -0.3 is 14.6 Å². The second kappa shape index (κ2) is 6.48. The van der Waals surface area contributed by atoms with Crippen molar-refractivity contribution in [2.45, 2.75) is 32.7 Å². The van der Waals surface area contributed by atoms with Crippen LogP contribution in [0.25, 0.3) is 22.0 Å². The van der Waals surface area contributed by atoms with E-state index in [0.29, 0.717) is 24.1 Å². The van der Waals surface area contributed by atoms with E-state index in [0.717, 1.165) is 28.4 Å². The fourth-order valence-corrected chi connectivity index (χ4v) is 3.85. The van der Waals surface area contributed by atoms with Crippen LogP contribution in [0.1, 0.15) is 35.9 Å². The number of carbonyl (C=O) groups is 1. The van der Waals surface area contributed by atoms with Crippen molar-refractivity contribution < 1.29 is 14.1 Å². The summed E-state index contributed by atoms with van der Waals surface area (Å²) in [5, 5.41) is 4.95. The van der Waals surface area contributed by atoms with Gasteiger partial charge in [0.2, 0.25) is 5.71 Å². The van der Waals surface area contributed by atoms with Crippen molar-refractivity contribution in [3.63, 3.8) is 0 Å². The van der Waals surface area contributed by atoms with E-state index in [-0.39, 0.29) is 5.91 Å². The van der Waals surface area contributed by atoms with Crippen molar-refractivity contribution in [2.75, 3.05) is 19.6 Å². The molecular formula is C20H24N3O2+. The first-order valence-electron chi connectivity index (χ1n) is 9.08. The van der Waals surface area contributed by atoms with Crippen molar-refractivity contribution in [3.05, 3.63) is 41.7 Å². The van der Waals surface area contributed by atoms with E-state index in [1.54, 1.807) is 11.0 Å². The third-order valence-corrected chi connectivity index (χ3v) is 5.27. The Bertz CT molecular complexity index is 931. The van der Waals surface area contributed by atoms with Crippen LogP contribution in [0.2, 0.25) is 0 Å². The molecule has 0 bridgehead atoms. The molecule has 2 atom stereocenters. The number of fused-ring (bicyclic) bond motifs is 2. The third-order valence-electron chi connectivity index (χ3n) is 5.27. The third kappa shape index (κ3) is 3.12.